The molecule has 0 spiro atoms. The van der Waals surface area contributed by atoms with Gasteiger partial charge in [-0.3, -0.25) is 4.90 Å². The third kappa shape index (κ3) is 4.87. The molecule has 3 nitrogen and oxygen atoms in total. The molecule has 0 saturated carbocycles. The number of aliphatic hydroxyl groups is 1. The largest absolute Gasteiger partial charge is 0.391 e. The monoisotopic (exact) mass is 257 g/mol. The van der Waals surface area contributed by atoms with E-state index in [1.807, 2.05) is 0 Å². The molecule has 18 heavy (non-hydrogen) atoms. The van der Waals surface area contributed by atoms with Gasteiger partial charge in [0.1, 0.15) is 0 Å². The van der Waals surface area contributed by atoms with E-state index in [1.165, 1.54) is 12.8 Å². The molecule has 0 amide bonds. The first-order chi connectivity index (χ1) is 8.72. The molecule has 0 aromatic carbocycles. The molecule has 1 heterocycles. The summed E-state index contributed by atoms with van der Waals surface area (Å²) in [6, 6.07) is 0.318. The van der Waals surface area contributed by atoms with E-state index >= 15 is 0 Å². The van der Waals surface area contributed by atoms with E-state index in [0.29, 0.717) is 12.1 Å². The minimum Gasteiger partial charge on any atom is -0.391 e. The molecule has 1 N–H and O–H groups in total. The highest BCUT2D eigenvalue weighted by Crippen LogP contribution is 2.21. The van der Waals surface area contributed by atoms with E-state index in [-0.39, 0.29) is 6.10 Å². The highest BCUT2D eigenvalue weighted by Gasteiger charge is 2.29. The maximum absolute atomic E-state index is 10.2. The molecule has 3 unspecified atom stereocenters. The molecule has 1 fully saturated rings. The van der Waals surface area contributed by atoms with Gasteiger partial charge in [-0.25, -0.2) is 0 Å². The summed E-state index contributed by atoms with van der Waals surface area (Å²) in [6.07, 6.45) is 6.66. The molecule has 0 aromatic rings. The fourth-order valence-corrected chi connectivity index (χ4v) is 2.95. The van der Waals surface area contributed by atoms with Gasteiger partial charge in [-0.05, 0) is 38.6 Å². The van der Waals surface area contributed by atoms with Crippen LogP contribution in [-0.4, -0.2) is 48.0 Å². The molecule has 0 bridgehead atoms. The number of hydrogen-bond acceptors (Lipinski definition) is 3. The Bertz CT molecular complexity index is 211. The third-order valence-corrected chi connectivity index (χ3v) is 3.88. The summed E-state index contributed by atoms with van der Waals surface area (Å²) in [6.45, 7) is 9.46. The number of piperidine rings is 1. The smallest absolute Gasteiger partial charge is 0.0702 e. The van der Waals surface area contributed by atoms with Gasteiger partial charge in [0.15, 0.2) is 0 Å². The summed E-state index contributed by atoms with van der Waals surface area (Å²) in [5.74, 6) is 0. The standard InChI is InChI=1S/C15H31NO2/c1-4-8-15(17)14(6-3)16-10-7-9-13(12-16)18-11-5-2/h13-15,17H,4-12H2,1-3H3. The van der Waals surface area contributed by atoms with E-state index < -0.39 is 0 Å². The lowest BCUT2D eigenvalue weighted by atomic mass is 9.98. The van der Waals surface area contributed by atoms with Crippen LogP contribution in [-0.2, 0) is 4.74 Å². The Kier molecular flexibility index (Phi) is 7.87. The third-order valence-electron chi connectivity index (χ3n) is 3.88. The first kappa shape index (κ1) is 15.9. The van der Waals surface area contributed by atoms with Gasteiger partial charge in [-0.15, -0.1) is 0 Å². The number of nitrogens with zero attached hydrogens (tertiary/aromatic N) is 1. The van der Waals surface area contributed by atoms with Crippen molar-refractivity contribution >= 4 is 0 Å². The minimum absolute atomic E-state index is 0.176. The lowest BCUT2D eigenvalue weighted by Gasteiger charge is -2.39. The van der Waals surface area contributed by atoms with Crippen molar-refractivity contribution in [2.75, 3.05) is 19.7 Å². The van der Waals surface area contributed by atoms with E-state index in [1.54, 1.807) is 0 Å². The zero-order valence-corrected chi connectivity index (χ0v) is 12.4. The molecule has 0 aromatic heterocycles. The van der Waals surface area contributed by atoms with Crippen LogP contribution in [0.5, 0.6) is 0 Å². The average molecular weight is 257 g/mol. The predicted octanol–water partition coefficient (Wildman–Crippen LogP) is 2.82. The highest BCUT2D eigenvalue weighted by molar-refractivity contribution is 4.83. The number of likely N-dealkylation sites (tertiary alicyclic amines) is 1. The molecule has 1 rings (SSSR count). The lowest BCUT2D eigenvalue weighted by Crippen LogP contribution is -2.50. The Labute approximate surface area is 113 Å². The molecule has 0 radical (unpaired) electrons. The predicted molar refractivity (Wildman–Crippen MR) is 75.8 cm³/mol. The van der Waals surface area contributed by atoms with E-state index in [4.69, 9.17) is 4.74 Å². The lowest BCUT2D eigenvalue weighted by molar-refractivity contribution is -0.0382. The van der Waals surface area contributed by atoms with Gasteiger partial charge in [0, 0.05) is 19.2 Å². The van der Waals surface area contributed by atoms with Crippen molar-refractivity contribution in [1.82, 2.24) is 4.90 Å². The Balaban J connectivity index is 2.46. The Morgan fingerprint density at radius 1 is 1.28 bits per heavy atom. The first-order valence-electron chi connectivity index (χ1n) is 7.76. The van der Waals surface area contributed by atoms with Crippen LogP contribution in [0.2, 0.25) is 0 Å². The summed E-state index contributed by atoms with van der Waals surface area (Å²) in [5, 5.41) is 10.2. The van der Waals surface area contributed by atoms with Crippen LogP contribution in [0.1, 0.15) is 59.3 Å². The number of ether oxygens (including phenoxy) is 1. The fourth-order valence-electron chi connectivity index (χ4n) is 2.95. The van der Waals surface area contributed by atoms with Crippen molar-refractivity contribution in [2.45, 2.75) is 77.5 Å². The van der Waals surface area contributed by atoms with Gasteiger partial charge in [0.05, 0.1) is 12.2 Å². The Morgan fingerprint density at radius 3 is 2.67 bits per heavy atom. The number of rotatable bonds is 8. The molecule has 1 aliphatic heterocycles. The quantitative estimate of drug-likeness (QED) is 0.726. The molecule has 1 aliphatic rings. The van der Waals surface area contributed by atoms with Crippen molar-refractivity contribution in [3.05, 3.63) is 0 Å². The summed E-state index contributed by atoms with van der Waals surface area (Å²) in [4.78, 5) is 2.45. The van der Waals surface area contributed by atoms with Gasteiger partial charge in [-0.1, -0.05) is 27.2 Å². The summed E-state index contributed by atoms with van der Waals surface area (Å²) >= 11 is 0. The van der Waals surface area contributed by atoms with Crippen LogP contribution < -0.4 is 0 Å². The highest BCUT2D eigenvalue weighted by atomic mass is 16.5. The second-order valence-corrected chi connectivity index (χ2v) is 5.46. The van der Waals surface area contributed by atoms with Gasteiger partial charge >= 0.3 is 0 Å². The zero-order chi connectivity index (χ0) is 13.4. The topological polar surface area (TPSA) is 32.7 Å². The van der Waals surface area contributed by atoms with Gasteiger partial charge in [0.2, 0.25) is 0 Å². The van der Waals surface area contributed by atoms with Crippen LogP contribution in [0.3, 0.4) is 0 Å². The van der Waals surface area contributed by atoms with E-state index in [9.17, 15) is 5.11 Å². The molecule has 3 atom stereocenters. The Morgan fingerprint density at radius 2 is 2.06 bits per heavy atom. The van der Waals surface area contributed by atoms with E-state index in [2.05, 4.69) is 25.7 Å². The van der Waals surface area contributed by atoms with Crippen LogP contribution >= 0.6 is 0 Å². The molecule has 1 saturated heterocycles. The van der Waals surface area contributed by atoms with Gasteiger partial charge in [-0.2, -0.15) is 0 Å². The van der Waals surface area contributed by atoms with Crippen molar-refractivity contribution in [3.63, 3.8) is 0 Å². The van der Waals surface area contributed by atoms with Crippen LogP contribution in [0.25, 0.3) is 0 Å². The van der Waals surface area contributed by atoms with Crippen molar-refractivity contribution in [3.8, 4) is 0 Å². The summed E-state index contributed by atoms with van der Waals surface area (Å²) < 4.78 is 5.87. The maximum Gasteiger partial charge on any atom is 0.0702 e. The zero-order valence-electron chi connectivity index (χ0n) is 12.4. The second kappa shape index (κ2) is 8.89. The summed E-state index contributed by atoms with van der Waals surface area (Å²) in [5.41, 5.74) is 0. The molecular weight excluding hydrogens is 226 g/mol. The van der Waals surface area contributed by atoms with Crippen molar-refractivity contribution in [1.29, 1.82) is 0 Å². The fraction of sp³-hybridized carbons (Fsp3) is 1.00. The maximum atomic E-state index is 10.2. The Hall–Kier alpha value is -0.120. The normalized spacial score (nSPS) is 25.0. The summed E-state index contributed by atoms with van der Waals surface area (Å²) in [7, 11) is 0. The van der Waals surface area contributed by atoms with Crippen LogP contribution in [0.15, 0.2) is 0 Å². The van der Waals surface area contributed by atoms with Crippen LogP contribution in [0, 0.1) is 0 Å². The average Bonchev–Trinajstić information content (AvgIpc) is 2.38. The number of aliphatic hydroxyl groups excluding tert-OH is 1. The second-order valence-electron chi connectivity index (χ2n) is 5.46. The van der Waals surface area contributed by atoms with Gasteiger partial charge in [0.25, 0.3) is 0 Å². The SMILES string of the molecule is CCCOC1CCCN(C(CC)C(O)CCC)C1. The molecule has 3 heteroatoms. The van der Waals surface area contributed by atoms with Crippen molar-refractivity contribution < 1.29 is 9.84 Å². The first-order valence-corrected chi connectivity index (χ1v) is 7.76. The molecule has 0 aliphatic carbocycles. The molecular formula is C15H31NO2. The van der Waals surface area contributed by atoms with Crippen LogP contribution in [0.4, 0.5) is 0 Å². The van der Waals surface area contributed by atoms with E-state index in [0.717, 1.165) is 45.4 Å². The molecule has 108 valence electrons. The van der Waals surface area contributed by atoms with Gasteiger partial charge < -0.3 is 9.84 Å². The minimum atomic E-state index is -0.176. The number of hydrogen-bond donors (Lipinski definition) is 1. The van der Waals surface area contributed by atoms with Crippen molar-refractivity contribution in [2.24, 2.45) is 0 Å².